The average Bonchev–Trinajstić information content (AvgIpc) is 2.30. The third kappa shape index (κ3) is 8.02. The molecule has 0 saturated heterocycles. The molecule has 17 heavy (non-hydrogen) atoms. The van der Waals surface area contributed by atoms with Crippen LogP contribution in [-0.4, -0.2) is 8.07 Å². The van der Waals surface area contributed by atoms with Gasteiger partial charge in [-0.2, -0.15) is 0 Å². The summed E-state index contributed by atoms with van der Waals surface area (Å²) in [5.74, 6) is 0.923. The average molecular weight is 257 g/mol. The van der Waals surface area contributed by atoms with Gasteiger partial charge >= 0.3 is 0 Å². The highest BCUT2D eigenvalue weighted by Crippen LogP contribution is 2.34. The molecule has 0 atom stereocenters. The molecule has 0 aromatic carbocycles. The van der Waals surface area contributed by atoms with Gasteiger partial charge in [0.25, 0.3) is 0 Å². The van der Waals surface area contributed by atoms with E-state index in [1.807, 2.05) is 0 Å². The number of hydrogen-bond acceptors (Lipinski definition) is 0. The molecule has 0 aromatic rings. The Balaban J connectivity index is 4.51. The first-order valence-corrected chi connectivity index (χ1v) is 10.9. The van der Waals surface area contributed by atoms with Crippen LogP contribution in [0.2, 0.25) is 24.2 Å². The predicted octanol–water partition coefficient (Wildman–Crippen LogP) is 6.49. The molecule has 0 heterocycles. The Labute approximate surface area is 112 Å². The van der Waals surface area contributed by atoms with Crippen LogP contribution in [0, 0.1) is 5.92 Å². The molecule has 104 valence electrons. The fraction of sp³-hybridized carbons (Fsp3) is 1.00. The maximum absolute atomic E-state index is 2.44. The van der Waals surface area contributed by atoms with Gasteiger partial charge in [0, 0.05) is 0 Å². The fourth-order valence-electron chi connectivity index (χ4n) is 3.20. The van der Waals surface area contributed by atoms with Crippen molar-refractivity contribution >= 4 is 8.07 Å². The Hall–Kier alpha value is 0.217. The number of unbranched alkanes of at least 4 members (excludes halogenated alkanes) is 3. The van der Waals surface area contributed by atoms with Gasteiger partial charge in [-0.1, -0.05) is 97.3 Å². The third-order valence-corrected chi connectivity index (χ3v) is 9.95. The molecule has 0 radical (unpaired) electrons. The molecule has 0 aliphatic heterocycles. The Morgan fingerprint density at radius 3 is 1.29 bits per heavy atom. The van der Waals surface area contributed by atoms with E-state index in [0.29, 0.717) is 0 Å². The molecule has 0 aliphatic carbocycles. The van der Waals surface area contributed by atoms with E-state index in [1.54, 1.807) is 24.2 Å². The zero-order valence-corrected chi connectivity index (χ0v) is 14.1. The highest BCUT2D eigenvalue weighted by Gasteiger charge is 2.31. The van der Waals surface area contributed by atoms with Crippen LogP contribution in [-0.2, 0) is 0 Å². The second kappa shape index (κ2) is 10.2. The van der Waals surface area contributed by atoms with Crippen molar-refractivity contribution in [3.63, 3.8) is 0 Å². The molecule has 0 saturated carbocycles. The largest absolute Gasteiger partial charge is 0.0654 e. The highest BCUT2D eigenvalue weighted by atomic mass is 28.3. The molecule has 0 amide bonds. The summed E-state index contributed by atoms with van der Waals surface area (Å²) in [5, 5.41) is 0. The Kier molecular flexibility index (Phi) is 10.3. The highest BCUT2D eigenvalue weighted by molar-refractivity contribution is 6.79. The predicted molar refractivity (Wildman–Crippen MR) is 84.5 cm³/mol. The van der Waals surface area contributed by atoms with Gasteiger partial charge in [-0.05, 0) is 5.92 Å². The zero-order valence-electron chi connectivity index (χ0n) is 13.1. The molecule has 0 rings (SSSR count). The van der Waals surface area contributed by atoms with Gasteiger partial charge in [-0.15, -0.1) is 0 Å². The summed E-state index contributed by atoms with van der Waals surface area (Å²) in [5.41, 5.74) is 0. The summed E-state index contributed by atoms with van der Waals surface area (Å²) < 4.78 is 0. The van der Waals surface area contributed by atoms with Crippen molar-refractivity contribution in [2.45, 2.75) is 97.3 Å². The van der Waals surface area contributed by atoms with Crippen molar-refractivity contribution in [1.82, 2.24) is 0 Å². The van der Waals surface area contributed by atoms with Crippen LogP contribution in [0.4, 0.5) is 0 Å². The minimum absolute atomic E-state index is 0.922. The van der Waals surface area contributed by atoms with Crippen molar-refractivity contribution in [2.75, 3.05) is 0 Å². The van der Waals surface area contributed by atoms with Crippen molar-refractivity contribution in [1.29, 1.82) is 0 Å². The molecule has 0 fully saturated rings. The lowest BCUT2D eigenvalue weighted by Gasteiger charge is -2.34. The van der Waals surface area contributed by atoms with Gasteiger partial charge in [-0.3, -0.25) is 0 Å². The first kappa shape index (κ1) is 17.2. The maximum atomic E-state index is 2.44. The molecular formula is C16H36Si. The summed E-state index contributed by atoms with van der Waals surface area (Å²) in [6, 6.07) is 6.43. The van der Waals surface area contributed by atoms with E-state index in [9.17, 15) is 0 Å². The van der Waals surface area contributed by atoms with E-state index >= 15 is 0 Å². The lowest BCUT2D eigenvalue weighted by Crippen LogP contribution is -2.35. The Morgan fingerprint density at radius 1 is 0.706 bits per heavy atom. The van der Waals surface area contributed by atoms with Crippen LogP contribution in [0.5, 0.6) is 0 Å². The molecule has 0 aliphatic rings. The van der Waals surface area contributed by atoms with Crippen LogP contribution in [0.25, 0.3) is 0 Å². The maximum Gasteiger partial charge on any atom is 0.0538 e. The van der Waals surface area contributed by atoms with Gasteiger partial charge in [0.2, 0.25) is 0 Å². The zero-order chi connectivity index (χ0) is 13.1. The summed E-state index contributed by atoms with van der Waals surface area (Å²) in [6.45, 7) is 11.9. The lowest BCUT2D eigenvalue weighted by atomic mass is 10.3. The lowest BCUT2D eigenvalue weighted by molar-refractivity contribution is 0.687. The summed E-state index contributed by atoms with van der Waals surface area (Å²) in [6.07, 6.45) is 8.66. The Bertz CT molecular complexity index is 141. The smallest absolute Gasteiger partial charge is 0.0538 e. The van der Waals surface area contributed by atoms with Crippen LogP contribution in [0.1, 0.15) is 73.1 Å². The first-order valence-electron chi connectivity index (χ1n) is 8.10. The quantitative estimate of drug-likeness (QED) is 0.371. The van der Waals surface area contributed by atoms with Crippen molar-refractivity contribution in [2.24, 2.45) is 5.92 Å². The number of hydrogen-bond donors (Lipinski definition) is 0. The molecule has 1 heteroatoms. The Morgan fingerprint density at radius 2 is 1.06 bits per heavy atom. The van der Waals surface area contributed by atoms with E-state index in [0.717, 1.165) is 5.92 Å². The third-order valence-electron chi connectivity index (χ3n) is 4.02. The van der Waals surface area contributed by atoms with E-state index in [2.05, 4.69) is 34.6 Å². The monoisotopic (exact) mass is 256 g/mol. The van der Waals surface area contributed by atoms with Gasteiger partial charge in [-0.25, -0.2) is 0 Å². The molecule has 0 unspecified atom stereocenters. The summed E-state index contributed by atoms with van der Waals surface area (Å²) in [4.78, 5) is 0. The SMILES string of the molecule is CCCC[Si](CCCC)(CCCC)CC(C)C. The van der Waals surface area contributed by atoms with E-state index in [1.165, 1.54) is 38.5 Å². The topological polar surface area (TPSA) is 0 Å². The van der Waals surface area contributed by atoms with Crippen molar-refractivity contribution in [3.8, 4) is 0 Å². The molecule has 0 aromatic heterocycles. The van der Waals surface area contributed by atoms with Gasteiger partial charge < -0.3 is 0 Å². The molecular weight excluding hydrogens is 220 g/mol. The summed E-state index contributed by atoms with van der Waals surface area (Å²) >= 11 is 0. The van der Waals surface area contributed by atoms with Gasteiger partial charge in [0.05, 0.1) is 8.07 Å². The summed E-state index contributed by atoms with van der Waals surface area (Å²) in [7, 11) is -0.922. The second-order valence-electron chi connectivity index (χ2n) is 6.41. The van der Waals surface area contributed by atoms with Gasteiger partial charge in [0.1, 0.15) is 0 Å². The first-order chi connectivity index (χ1) is 8.10. The molecule has 0 N–H and O–H groups in total. The van der Waals surface area contributed by atoms with E-state index < -0.39 is 8.07 Å². The minimum atomic E-state index is -0.922. The van der Waals surface area contributed by atoms with Crippen LogP contribution < -0.4 is 0 Å². The van der Waals surface area contributed by atoms with Gasteiger partial charge in [0.15, 0.2) is 0 Å². The van der Waals surface area contributed by atoms with Crippen LogP contribution >= 0.6 is 0 Å². The van der Waals surface area contributed by atoms with Crippen molar-refractivity contribution in [3.05, 3.63) is 0 Å². The fourth-order valence-corrected chi connectivity index (χ4v) is 9.61. The second-order valence-corrected chi connectivity index (χ2v) is 11.3. The normalized spacial score (nSPS) is 12.4. The van der Waals surface area contributed by atoms with Crippen LogP contribution in [0.15, 0.2) is 0 Å². The molecule has 0 nitrogen and oxygen atoms in total. The molecule has 0 bridgehead atoms. The standard InChI is InChI=1S/C16H36Si/c1-6-9-12-17(13-10-7-2,14-11-8-3)15-16(4)5/h16H,6-15H2,1-5H3. The minimum Gasteiger partial charge on any atom is -0.0654 e. The van der Waals surface area contributed by atoms with E-state index in [-0.39, 0.29) is 0 Å². The van der Waals surface area contributed by atoms with Crippen LogP contribution in [0.3, 0.4) is 0 Å². The van der Waals surface area contributed by atoms with E-state index in [4.69, 9.17) is 0 Å². The molecule has 0 spiro atoms. The number of rotatable bonds is 11. The van der Waals surface area contributed by atoms with Crippen molar-refractivity contribution < 1.29 is 0 Å².